The van der Waals surface area contributed by atoms with Gasteiger partial charge in [0.15, 0.2) is 0 Å². The van der Waals surface area contributed by atoms with Crippen LogP contribution in [0.5, 0.6) is 0 Å². The lowest BCUT2D eigenvalue weighted by Crippen LogP contribution is -2.41. The number of rotatable bonds is 3. The SMILES string of the molecule is NC(=O)C1CCN(C(=O)c2nc(-c3cccnc3)no2)CC1. The van der Waals surface area contributed by atoms with Crippen molar-refractivity contribution in [2.75, 3.05) is 13.1 Å². The number of carbonyl (C=O) groups excluding carboxylic acids is 2. The molecule has 0 atom stereocenters. The van der Waals surface area contributed by atoms with Gasteiger partial charge >= 0.3 is 11.8 Å². The summed E-state index contributed by atoms with van der Waals surface area (Å²) < 4.78 is 5.04. The Labute approximate surface area is 126 Å². The minimum atomic E-state index is -0.328. The number of nitrogens with two attached hydrogens (primary N) is 1. The summed E-state index contributed by atoms with van der Waals surface area (Å²) >= 11 is 0. The van der Waals surface area contributed by atoms with E-state index >= 15 is 0 Å². The zero-order valence-electron chi connectivity index (χ0n) is 11.8. The number of pyridine rings is 1. The number of hydrogen-bond acceptors (Lipinski definition) is 6. The molecule has 1 aliphatic rings. The molecule has 2 amide bonds. The molecule has 3 rings (SSSR count). The molecule has 0 aromatic carbocycles. The van der Waals surface area contributed by atoms with Crippen LogP contribution in [0.15, 0.2) is 29.0 Å². The molecule has 0 bridgehead atoms. The second kappa shape index (κ2) is 5.92. The molecule has 0 radical (unpaired) electrons. The second-order valence-electron chi connectivity index (χ2n) is 5.13. The zero-order chi connectivity index (χ0) is 15.5. The summed E-state index contributed by atoms with van der Waals surface area (Å²) in [7, 11) is 0. The first-order valence-corrected chi connectivity index (χ1v) is 6.98. The number of hydrogen-bond donors (Lipinski definition) is 1. The first-order chi connectivity index (χ1) is 10.6. The van der Waals surface area contributed by atoms with Gasteiger partial charge in [0.1, 0.15) is 0 Å². The summed E-state index contributed by atoms with van der Waals surface area (Å²) in [5, 5.41) is 3.80. The van der Waals surface area contributed by atoms with Gasteiger partial charge in [0.05, 0.1) is 0 Å². The highest BCUT2D eigenvalue weighted by Gasteiger charge is 2.29. The first kappa shape index (κ1) is 14.2. The van der Waals surface area contributed by atoms with Crippen molar-refractivity contribution in [3.05, 3.63) is 30.4 Å². The second-order valence-corrected chi connectivity index (χ2v) is 5.13. The van der Waals surface area contributed by atoms with E-state index in [-0.39, 0.29) is 23.6 Å². The van der Waals surface area contributed by atoms with Gasteiger partial charge in [-0.2, -0.15) is 4.98 Å². The van der Waals surface area contributed by atoms with Crippen molar-refractivity contribution in [1.29, 1.82) is 0 Å². The molecule has 2 N–H and O–H groups in total. The lowest BCUT2D eigenvalue weighted by atomic mass is 9.96. The maximum absolute atomic E-state index is 12.3. The van der Waals surface area contributed by atoms with E-state index in [1.54, 1.807) is 29.4 Å². The van der Waals surface area contributed by atoms with Crippen LogP contribution in [0.3, 0.4) is 0 Å². The third-order valence-electron chi connectivity index (χ3n) is 3.71. The molecule has 0 unspecified atom stereocenters. The highest BCUT2D eigenvalue weighted by atomic mass is 16.5. The van der Waals surface area contributed by atoms with Gasteiger partial charge in [0, 0.05) is 37.0 Å². The summed E-state index contributed by atoms with van der Waals surface area (Å²) in [6.45, 7) is 0.911. The van der Waals surface area contributed by atoms with Crippen molar-refractivity contribution < 1.29 is 14.1 Å². The minimum absolute atomic E-state index is 0.0589. The number of likely N-dealkylation sites (tertiary alicyclic amines) is 1. The lowest BCUT2D eigenvalue weighted by Gasteiger charge is -2.29. The van der Waals surface area contributed by atoms with Gasteiger partial charge in [-0.3, -0.25) is 14.6 Å². The molecule has 2 aromatic rings. The monoisotopic (exact) mass is 301 g/mol. The average molecular weight is 301 g/mol. The topological polar surface area (TPSA) is 115 Å². The van der Waals surface area contributed by atoms with E-state index in [0.29, 0.717) is 37.3 Å². The smallest absolute Gasteiger partial charge is 0.316 e. The molecule has 1 saturated heterocycles. The Hall–Kier alpha value is -2.77. The van der Waals surface area contributed by atoms with Crippen LogP contribution in [0.4, 0.5) is 0 Å². The fourth-order valence-corrected chi connectivity index (χ4v) is 2.42. The Bertz CT molecular complexity index is 677. The van der Waals surface area contributed by atoms with Gasteiger partial charge < -0.3 is 15.2 Å². The fourth-order valence-electron chi connectivity index (χ4n) is 2.42. The molecule has 22 heavy (non-hydrogen) atoms. The summed E-state index contributed by atoms with van der Waals surface area (Å²) in [5.41, 5.74) is 5.96. The molecule has 3 heterocycles. The van der Waals surface area contributed by atoms with Gasteiger partial charge in [-0.05, 0) is 25.0 Å². The normalized spacial score (nSPS) is 15.7. The Balaban J connectivity index is 1.69. The van der Waals surface area contributed by atoms with Gasteiger partial charge in [-0.25, -0.2) is 0 Å². The molecular weight excluding hydrogens is 286 g/mol. The number of primary amides is 1. The van der Waals surface area contributed by atoms with Crippen LogP contribution in [0, 0.1) is 5.92 Å². The fraction of sp³-hybridized carbons (Fsp3) is 0.357. The summed E-state index contributed by atoms with van der Waals surface area (Å²) in [6.07, 6.45) is 4.35. The van der Waals surface area contributed by atoms with E-state index < -0.39 is 0 Å². The van der Waals surface area contributed by atoms with Crippen LogP contribution in [-0.4, -0.2) is 44.9 Å². The number of piperidine rings is 1. The van der Waals surface area contributed by atoms with Crippen molar-refractivity contribution in [1.82, 2.24) is 20.0 Å². The quantitative estimate of drug-likeness (QED) is 0.881. The highest BCUT2D eigenvalue weighted by molar-refractivity contribution is 5.90. The van der Waals surface area contributed by atoms with Crippen LogP contribution in [0.25, 0.3) is 11.4 Å². The van der Waals surface area contributed by atoms with Crippen LogP contribution >= 0.6 is 0 Å². The van der Waals surface area contributed by atoms with Gasteiger partial charge in [-0.1, -0.05) is 5.16 Å². The third-order valence-corrected chi connectivity index (χ3v) is 3.71. The minimum Gasteiger partial charge on any atom is -0.369 e. The number of amides is 2. The van der Waals surface area contributed by atoms with Crippen molar-refractivity contribution in [2.45, 2.75) is 12.8 Å². The van der Waals surface area contributed by atoms with Gasteiger partial charge in [-0.15, -0.1) is 0 Å². The van der Waals surface area contributed by atoms with E-state index in [1.807, 2.05) is 0 Å². The van der Waals surface area contributed by atoms with E-state index in [4.69, 9.17) is 10.3 Å². The molecular formula is C14H15N5O3. The number of aromatic nitrogens is 3. The standard InChI is InChI=1S/C14H15N5O3/c15-11(20)9-3-6-19(7-4-9)14(21)13-17-12(18-22-13)10-2-1-5-16-8-10/h1-2,5,8-9H,3-4,6-7H2,(H2,15,20). The Morgan fingerprint density at radius 1 is 1.32 bits per heavy atom. The number of nitrogens with zero attached hydrogens (tertiary/aromatic N) is 4. The Morgan fingerprint density at radius 3 is 2.73 bits per heavy atom. The van der Waals surface area contributed by atoms with Crippen molar-refractivity contribution >= 4 is 11.8 Å². The molecule has 114 valence electrons. The molecule has 8 heteroatoms. The molecule has 2 aromatic heterocycles. The van der Waals surface area contributed by atoms with Crippen LogP contribution in [0.1, 0.15) is 23.5 Å². The van der Waals surface area contributed by atoms with Crippen LogP contribution in [-0.2, 0) is 4.79 Å². The summed E-state index contributed by atoms with van der Waals surface area (Å²) in [5.74, 6) is -0.549. The molecule has 0 saturated carbocycles. The number of carbonyl (C=O) groups is 2. The molecule has 8 nitrogen and oxygen atoms in total. The van der Waals surface area contributed by atoms with E-state index in [9.17, 15) is 9.59 Å². The van der Waals surface area contributed by atoms with Gasteiger partial charge in [0.2, 0.25) is 11.7 Å². The van der Waals surface area contributed by atoms with Crippen molar-refractivity contribution in [3.8, 4) is 11.4 Å². The van der Waals surface area contributed by atoms with Crippen LogP contribution in [0.2, 0.25) is 0 Å². The summed E-state index contributed by atoms with van der Waals surface area (Å²) in [6, 6.07) is 3.53. The maximum atomic E-state index is 12.3. The Kier molecular flexibility index (Phi) is 3.82. The van der Waals surface area contributed by atoms with Crippen molar-refractivity contribution in [3.63, 3.8) is 0 Å². The van der Waals surface area contributed by atoms with E-state index in [1.165, 1.54) is 0 Å². The molecule has 0 aliphatic carbocycles. The van der Waals surface area contributed by atoms with E-state index in [2.05, 4.69) is 15.1 Å². The van der Waals surface area contributed by atoms with E-state index in [0.717, 1.165) is 0 Å². The van der Waals surface area contributed by atoms with Crippen LogP contribution < -0.4 is 5.73 Å². The average Bonchev–Trinajstić information content (AvgIpc) is 3.05. The molecule has 1 fully saturated rings. The first-order valence-electron chi connectivity index (χ1n) is 6.98. The van der Waals surface area contributed by atoms with Crippen molar-refractivity contribution in [2.24, 2.45) is 11.7 Å². The third kappa shape index (κ3) is 2.80. The highest BCUT2D eigenvalue weighted by Crippen LogP contribution is 2.19. The largest absolute Gasteiger partial charge is 0.369 e. The maximum Gasteiger partial charge on any atom is 0.316 e. The zero-order valence-corrected chi connectivity index (χ0v) is 11.8. The predicted molar refractivity (Wildman–Crippen MR) is 75.4 cm³/mol. The van der Waals surface area contributed by atoms with Gasteiger partial charge in [0.25, 0.3) is 0 Å². The predicted octanol–water partition coefficient (Wildman–Crippen LogP) is 0.469. The summed E-state index contributed by atoms with van der Waals surface area (Å²) in [4.78, 5) is 33.1. The lowest BCUT2D eigenvalue weighted by molar-refractivity contribution is -0.123. The molecule has 0 spiro atoms. The molecule has 1 aliphatic heterocycles. The Morgan fingerprint density at radius 2 is 2.09 bits per heavy atom.